The Kier molecular flexibility index (Phi) is 7.10. The number of halogens is 4. The zero-order chi connectivity index (χ0) is 29.4. The highest BCUT2D eigenvalue weighted by atomic mass is 19.3. The van der Waals surface area contributed by atoms with E-state index in [4.69, 9.17) is 9.47 Å². The minimum atomic E-state index is -3.24. The maximum Gasteiger partial charge on any atom is 0.387 e. The van der Waals surface area contributed by atoms with Crippen LogP contribution in [0.2, 0.25) is 0 Å². The molecular formula is C27H24F4N8O3. The Morgan fingerprint density at radius 2 is 1.86 bits per heavy atom. The molecule has 1 aliphatic heterocycles. The fourth-order valence-corrected chi connectivity index (χ4v) is 4.74. The summed E-state index contributed by atoms with van der Waals surface area (Å²) < 4.78 is 74.4. The third-order valence-corrected chi connectivity index (χ3v) is 6.72. The number of ether oxygens (including phenoxy) is 3. The van der Waals surface area contributed by atoms with Gasteiger partial charge >= 0.3 is 6.61 Å². The highest BCUT2D eigenvalue weighted by Gasteiger charge is 2.46. The largest absolute Gasteiger partial charge is 0.479 e. The molecule has 4 heterocycles. The molecule has 42 heavy (non-hydrogen) atoms. The number of hydrogen-bond donors (Lipinski definition) is 1. The topological polar surface area (TPSA) is 112 Å². The molecule has 0 radical (unpaired) electrons. The van der Waals surface area contributed by atoms with Gasteiger partial charge in [0.05, 0.1) is 17.4 Å². The van der Waals surface area contributed by atoms with Crippen molar-refractivity contribution in [1.82, 2.24) is 34.4 Å². The second kappa shape index (κ2) is 10.9. The number of alkyl halides is 4. The van der Waals surface area contributed by atoms with Gasteiger partial charge in [0.2, 0.25) is 5.88 Å². The van der Waals surface area contributed by atoms with Gasteiger partial charge in [-0.1, -0.05) is 0 Å². The predicted molar refractivity (Wildman–Crippen MR) is 143 cm³/mol. The number of piperidine rings is 1. The van der Waals surface area contributed by atoms with Gasteiger partial charge in [-0.2, -0.15) is 13.9 Å². The highest BCUT2D eigenvalue weighted by Crippen LogP contribution is 2.43. The van der Waals surface area contributed by atoms with Crippen LogP contribution in [0.5, 0.6) is 23.1 Å². The number of rotatable bonds is 8. The molecule has 1 saturated heterocycles. The van der Waals surface area contributed by atoms with E-state index in [0.717, 1.165) is 5.56 Å². The second-order valence-electron chi connectivity index (χ2n) is 9.78. The number of likely N-dealkylation sites (tertiary alicyclic amines) is 1. The van der Waals surface area contributed by atoms with Crippen LogP contribution in [0, 0.1) is 6.92 Å². The van der Waals surface area contributed by atoms with Crippen LogP contribution in [0.3, 0.4) is 0 Å². The third-order valence-electron chi connectivity index (χ3n) is 6.72. The van der Waals surface area contributed by atoms with Crippen LogP contribution in [-0.2, 0) is 0 Å². The molecule has 1 atom stereocenters. The molecule has 15 heteroatoms. The van der Waals surface area contributed by atoms with E-state index in [2.05, 4.69) is 35.1 Å². The van der Waals surface area contributed by atoms with Gasteiger partial charge in [-0.15, -0.1) is 0 Å². The van der Waals surface area contributed by atoms with Gasteiger partial charge in [0.1, 0.15) is 30.5 Å². The standard InChI is InChI=1S/C27H24F4N8O3/c1-15-9-16(3-5-18(15)40-22-10-21-33-13-36-39(21)14-35-22)37-25-23-17(32-12-34-25)4-6-19(41-26(28)29)24(23)42-20-7-8-38(2)11-27(20,30)31/h3-6,9-10,12-14,20,26H,7-8,11H2,1-2H3,(H,32,34,37). The Morgan fingerprint density at radius 1 is 1.02 bits per heavy atom. The minimum absolute atomic E-state index is 0.0238. The zero-order valence-electron chi connectivity index (χ0n) is 22.3. The van der Waals surface area contributed by atoms with Gasteiger partial charge in [-0.25, -0.2) is 33.2 Å². The van der Waals surface area contributed by atoms with Crippen molar-refractivity contribution >= 4 is 28.1 Å². The maximum atomic E-state index is 14.9. The average molecular weight is 585 g/mol. The molecule has 1 aliphatic rings. The molecule has 0 amide bonds. The van der Waals surface area contributed by atoms with Crippen LogP contribution in [0.4, 0.5) is 29.1 Å². The number of nitrogens with zero attached hydrogens (tertiary/aromatic N) is 7. The average Bonchev–Trinajstić information content (AvgIpc) is 3.40. The lowest BCUT2D eigenvalue weighted by Crippen LogP contribution is -2.52. The summed E-state index contributed by atoms with van der Waals surface area (Å²) >= 11 is 0. The van der Waals surface area contributed by atoms with Crippen molar-refractivity contribution in [2.75, 3.05) is 25.5 Å². The first-order valence-electron chi connectivity index (χ1n) is 12.8. The van der Waals surface area contributed by atoms with E-state index in [-0.39, 0.29) is 28.9 Å². The number of nitrogens with one attached hydrogen (secondary N) is 1. The quantitative estimate of drug-likeness (QED) is 0.243. The molecular weight excluding hydrogens is 560 g/mol. The SMILES string of the molecule is Cc1cc(Nc2ncnc3ccc(OC(F)F)c(OC4CCN(C)CC4(F)F)c23)ccc1Oc1cc2ncnn2cn1. The fourth-order valence-electron chi connectivity index (χ4n) is 4.74. The van der Waals surface area contributed by atoms with Crippen LogP contribution < -0.4 is 19.5 Å². The van der Waals surface area contributed by atoms with Crippen LogP contribution in [-0.4, -0.2) is 73.2 Å². The molecule has 5 aromatic rings. The summed E-state index contributed by atoms with van der Waals surface area (Å²) in [6, 6.07) is 9.47. The van der Waals surface area contributed by atoms with Crippen molar-refractivity contribution in [2.45, 2.75) is 32.0 Å². The summed E-state index contributed by atoms with van der Waals surface area (Å²) in [7, 11) is 1.58. The van der Waals surface area contributed by atoms with Crippen molar-refractivity contribution < 1.29 is 31.8 Å². The molecule has 218 valence electrons. The Labute approximate surface area is 236 Å². The van der Waals surface area contributed by atoms with E-state index in [1.807, 2.05) is 6.92 Å². The van der Waals surface area contributed by atoms with Crippen LogP contribution >= 0.6 is 0 Å². The van der Waals surface area contributed by atoms with Crippen molar-refractivity contribution in [3.8, 4) is 23.1 Å². The third kappa shape index (κ3) is 5.54. The monoisotopic (exact) mass is 584 g/mol. The fraction of sp³-hybridized carbons (Fsp3) is 0.296. The molecule has 3 aromatic heterocycles. The lowest BCUT2D eigenvalue weighted by atomic mass is 10.0. The molecule has 0 bridgehead atoms. The molecule has 0 aliphatic carbocycles. The van der Waals surface area contributed by atoms with Gasteiger partial charge in [0, 0.05) is 24.7 Å². The Morgan fingerprint density at radius 3 is 2.64 bits per heavy atom. The lowest BCUT2D eigenvalue weighted by molar-refractivity contribution is -0.136. The van der Waals surface area contributed by atoms with E-state index in [0.29, 0.717) is 29.5 Å². The van der Waals surface area contributed by atoms with Crippen LogP contribution in [0.15, 0.2) is 55.4 Å². The van der Waals surface area contributed by atoms with E-state index < -0.39 is 30.9 Å². The summed E-state index contributed by atoms with van der Waals surface area (Å²) in [6.07, 6.45) is 2.56. The number of anilines is 2. The first kappa shape index (κ1) is 27.4. The van der Waals surface area contributed by atoms with E-state index in [1.165, 1.54) is 40.5 Å². The van der Waals surface area contributed by atoms with Crippen molar-refractivity contribution in [3.63, 3.8) is 0 Å². The first-order valence-corrected chi connectivity index (χ1v) is 12.8. The predicted octanol–water partition coefficient (Wildman–Crippen LogP) is 5.23. The number of aryl methyl sites for hydroxylation is 1. The Hall–Kier alpha value is -4.79. The summed E-state index contributed by atoms with van der Waals surface area (Å²) in [5.74, 6) is -2.94. The molecule has 2 aromatic carbocycles. The van der Waals surface area contributed by atoms with Crippen molar-refractivity contribution in [3.05, 3.63) is 60.9 Å². The number of fused-ring (bicyclic) bond motifs is 2. The molecule has 6 rings (SSSR count). The van der Waals surface area contributed by atoms with Gasteiger partial charge in [-0.3, -0.25) is 0 Å². The first-order chi connectivity index (χ1) is 20.2. The molecule has 0 spiro atoms. The summed E-state index contributed by atoms with van der Waals surface area (Å²) in [6.45, 7) is -1.59. The smallest absolute Gasteiger partial charge is 0.387 e. The van der Waals surface area contributed by atoms with Crippen LogP contribution in [0.25, 0.3) is 16.6 Å². The van der Waals surface area contributed by atoms with Crippen LogP contribution in [0.1, 0.15) is 12.0 Å². The van der Waals surface area contributed by atoms with E-state index in [1.54, 1.807) is 31.3 Å². The number of aromatic nitrogens is 6. The molecule has 1 fully saturated rings. The Bertz CT molecular complexity index is 1750. The molecule has 1 N–H and O–H groups in total. The van der Waals surface area contributed by atoms with Gasteiger partial charge in [-0.05, 0) is 49.9 Å². The summed E-state index contributed by atoms with van der Waals surface area (Å²) in [4.78, 5) is 18.3. The van der Waals surface area contributed by atoms with Gasteiger partial charge in [0.15, 0.2) is 23.3 Å². The Balaban J connectivity index is 1.33. The van der Waals surface area contributed by atoms with E-state index >= 15 is 0 Å². The highest BCUT2D eigenvalue weighted by molar-refractivity contribution is 5.97. The number of benzene rings is 2. The molecule has 0 saturated carbocycles. The van der Waals surface area contributed by atoms with Gasteiger partial charge < -0.3 is 24.4 Å². The summed E-state index contributed by atoms with van der Waals surface area (Å²) in [5.41, 5.74) is 2.13. The lowest BCUT2D eigenvalue weighted by Gasteiger charge is -2.36. The molecule has 11 nitrogen and oxygen atoms in total. The second-order valence-corrected chi connectivity index (χ2v) is 9.78. The minimum Gasteiger partial charge on any atom is -0.479 e. The molecule has 1 unspecified atom stereocenters. The zero-order valence-corrected chi connectivity index (χ0v) is 22.3. The van der Waals surface area contributed by atoms with Crippen molar-refractivity contribution in [2.24, 2.45) is 0 Å². The normalized spacial score (nSPS) is 17.1. The van der Waals surface area contributed by atoms with E-state index in [9.17, 15) is 17.6 Å². The van der Waals surface area contributed by atoms with Crippen molar-refractivity contribution in [1.29, 1.82) is 0 Å². The maximum absolute atomic E-state index is 14.9. The van der Waals surface area contributed by atoms with Gasteiger partial charge in [0.25, 0.3) is 5.92 Å². The summed E-state index contributed by atoms with van der Waals surface area (Å²) in [5, 5.41) is 7.24. The number of hydrogen-bond acceptors (Lipinski definition) is 10.